The minimum absolute atomic E-state index is 0.460. The molecule has 0 aromatic heterocycles. The van der Waals surface area contributed by atoms with Gasteiger partial charge in [0.1, 0.15) is 11.6 Å². The summed E-state index contributed by atoms with van der Waals surface area (Å²) in [6.45, 7) is 9.11. The van der Waals surface area contributed by atoms with Crippen LogP contribution < -0.4 is 0 Å². The number of hydrogen-bond donors (Lipinski definition) is 0. The SMILES string of the molecule is CC(C)N(C(C)C)[P+]1(/C=C(\Cl)c2ccccc2)C=C1c1ccccc1.[Cl][Al-]([Cl])([Cl])[Cl]. The molecule has 0 aliphatic carbocycles. The van der Waals surface area contributed by atoms with Gasteiger partial charge < -0.3 is 40.2 Å². The first-order valence-electron chi connectivity index (χ1n) is 9.73. The van der Waals surface area contributed by atoms with Crippen molar-refractivity contribution in [1.29, 1.82) is 0 Å². The fraction of sp³-hybridized carbons (Fsp3) is 0.273. The Morgan fingerprint density at radius 1 is 0.833 bits per heavy atom. The van der Waals surface area contributed by atoms with Crippen molar-refractivity contribution >= 4 is 78.9 Å². The number of nitrogens with zero attached hydrogens (tertiary/aromatic N) is 1. The lowest BCUT2D eigenvalue weighted by atomic mass is 10.2. The van der Waals surface area contributed by atoms with Gasteiger partial charge in [-0.05, 0) is 33.3 Å². The van der Waals surface area contributed by atoms with Gasteiger partial charge in [0.2, 0.25) is 0 Å². The van der Waals surface area contributed by atoms with Gasteiger partial charge in [0, 0.05) is 17.6 Å². The Hall–Kier alpha value is 0.292. The van der Waals surface area contributed by atoms with Crippen molar-refractivity contribution in [2.45, 2.75) is 39.8 Å². The molecule has 0 saturated carbocycles. The Morgan fingerprint density at radius 3 is 1.70 bits per heavy atom. The molecule has 0 saturated heterocycles. The van der Waals surface area contributed by atoms with Gasteiger partial charge >= 0.3 is 9.39 Å². The summed E-state index contributed by atoms with van der Waals surface area (Å²) in [5.74, 6) is 4.78. The van der Waals surface area contributed by atoms with Crippen LogP contribution in [0.15, 0.2) is 72.3 Å². The van der Waals surface area contributed by atoms with Crippen molar-refractivity contribution in [3.63, 3.8) is 0 Å². The van der Waals surface area contributed by atoms with Gasteiger partial charge in [-0.2, -0.15) is 4.67 Å². The molecule has 1 atom stereocenters. The molecule has 30 heavy (non-hydrogen) atoms. The molecular formula is C22H26AlCl5NP. The van der Waals surface area contributed by atoms with Gasteiger partial charge in [-0.25, -0.2) is 0 Å². The number of rotatable bonds is 6. The van der Waals surface area contributed by atoms with Crippen molar-refractivity contribution in [3.8, 4) is 0 Å². The van der Waals surface area contributed by atoms with Gasteiger partial charge in [0.05, 0.1) is 5.03 Å². The molecule has 0 N–H and O–H groups in total. The first-order chi connectivity index (χ1) is 14.0. The minimum atomic E-state index is -2.94. The third-order valence-electron chi connectivity index (χ3n) is 4.51. The van der Waals surface area contributed by atoms with E-state index in [1.54, 1.807) is 0 Å². The predicted octanol–water partition coefficient (Wildman–Crippen LogP) is 9.66. The van der Waals surface area contributed by atoms with E-state index >= 15 is 0 Å². The van der Waals surface area contributed by atoms with E-state index < -0.39 is 16.8 Å². The van der Waals surface area contributed by atoms with Crippen molar-refractivity contribution < 1.29 is 0 Å². The van der Waals surface area contributed by atoms with Gasteiger partial charge in [-0.15, -0.1) is 0 Å². The Kier molecular flexibility index (Phi) is 10.1. The van der Waals surface area contributed by atoms with Gasteiger partial charge in [0.25, 0.3) is 0 Å². The monoisotopic (exact) mass is 537 g/mol. The van der Waals surface area contributed by atoms with Crippen LogP contribution in [-0.4, -0.2) is 26.1 Å². The topological polar surface area (TPSA) is 3.24 Å². The maximum absolute atomic E-state index is 6.77. The van der Waals surface area contributed by atoms with E-state index in [1.807, 2.05) is 18.2 Å². The summed E-state index contributed by atoms with van der Waals surface area (Å²) in [5, 5.41) is 2.30. The number of hydrogen-bond acceptors (Lipinski definition) is 1. The molecule has 1 nitrogen and oxygen atoms in total. The highest BCUT2D eigenvalue weighted by molar-refractivity contribution is 7.96. The van der Waals surface area contributed by atoms with Crippen molar-refractivity contribution in [2.75, 3.05) is 0 Å². The second-order valence-electron chi connectivity index (χ2n) is 7.52. The van der Waals surface area contributed by atoms with Crippen LogP contribution >= 0.6 is 59.2 Å². The summed E-state index contributed by atoms with van der Waals surface area (Å²) in [6, 6.07) is 21.9. The van der Waals surface area contributed by atoms with Crippen LogP contribution in [0.2, 0.25) is 0 Å². The van der Waals surface area contributed by atoms with E-state index in [1.165, 1.54) is 10.9 Å². The van der Waals surface area contributed by atoms with Crippen molar-refractivity contribution in [3.05, 3.63) is 83.4 Å². The summed E-state index contributed by atoms with van der Waals surface area (Å²) in [5.41, 5.74) is 2.40. The molecule has 3 rings (SSSR count). The molecule has 1 aliphatic heterocycles. The first kappa shape index (κ1) is 26.5. The molecular weight excluding hydrogens is 513 g/mol. The molecule has 2 aromatic carbocycles. The average Bonchev–Trinajstić information content (AvgIpc) is 3.35. The first-order valence-corrected chi connectivity index (χ1v) is 19.0. The fourth-order valence-corrected chi connectivity index (χ4v) is 8.32. The van der Waals surface area contributed by atoms with Crippen LogP contribution in [0.1, 0.15) is 38.8 Å². The molecule has 0 radical (unpaired) electrons. The van der Waals surface area contributed by atoms with E-state index in [-0.39, 0.29) is 0 Å². The molecule has 8 heteroatoms. The maximum atomic E-state index is 6.77. The second kappa shape index (κ2) is 11.4. The van der Waals surface area contributed by atoms with Crippen molar-refractivity contribution in [2.24, 2.45) is 0 Å². The molecule has 162 valence electrons. The zero-order chi connectivity index (χ0) is 22.5. The van der Waals surface area contributed by atoms with Crippen LogP contribution in [0.25, 0.3) is 10.3 Å². The second-order valence-corrected chi connectivity index (χ2v) is 23.7. The number of halogens is 5. The zero-order valence-electron chi connectivity index (χ0n) is 17.4. The summed E-state index contributed by atoms with van der Waals surface area (Å²) >= 11 is 6.77. The van der Waals surface area contributed by atoms with E-state index in [0.29, 0.717) is 12.1 Å². The normalized spacial score (nSPS) is 18.9. The summed E-state index contributed by atoms with van der Waals surface area (Å²) in [4.78, 5) is 0. The summed E-state index contributed by atoms with van der Waals surface area (Å²) < 4.78 is 2.64. The molecule has 1 heterocycles. The van der Waals surface area contributed by atoms with E-state index in [4.69, 9.17) is 51.8 Å². The highest BCUT2D eigenvalue weighted by Gasteiger charge is 2.61. The molecule has 0 fully saturated rings. The Morgan fingerprint density at radius 2 is 1.27 bits per heavy atom. The van der Waals surface area contributed by atoms with Crippen LogP contribution in [0.4, 0.5) is 0 Å². The Labute approximate surface area is 205 Å². The lowest BCUT2D eigenvalue weighted by Gasteiger charge is -2.31. The number of benzene rings is 2. The molecule has 0 bridgehead atoms. The van der Waals surface area contributed by atoms with E-state index in [9.17, 15) is 0 Å². The van der Waals surface area contributed by atoms with E-state index in [2.05, 4.69) is 86.5 Å². The smallest absolute Gasteiger partial charge is 0.391 e. The lowest BCUT2D eigenvalue weighted by Crippen LogP contribution is -2.33. The van der Waals surface area contributed by atoms with Gasteiger partial charge in [-0.3, -0.25) is 0 Å². The zero-order valence-corrected chi connectivity index (χ0v) is 23.3. The average molecular weight is 540 g/mol. The Balaban J connectivity index is 0.000000575. The lowest BCUT2D eigenvalue weighted by molar-refractivity contribution is 0.325. The molecule has 0 amide bonds. The third kappa shape index (κ3) is 7.71. The quantitative estimate of drug-likeness (QED) is 0.261. The third-order valence-corrected chi connectivity index (χ3v) is 8.86. The largest absolute Gasteiger partial charge is 0.564 e. The molecule has 0 spiro atoms. The standard InChI is InChI=1S/C22H26ClNP.Al.4ClH/c1-17(2)24(18(3)4)25(15-21(23)19-11-7-5-8-12-19)16-22(25)20-13-9-6-10-14-20;;;;;/h5-18H,1-4H3;;4*1H/q+1;+3;;;;/p-4/b21-15-;;;;;. The van der Waals surface area contributed by atoms with E-state index in [0.717, 1.165) is 10.6 Å². The van der Waals surface area contributed by atoms with Crippen LogP contribution in [0.5, 0.6) is 0 Å². The maximum Gasteiger partial charge on any atom is 0.564 e. The van der Waals surface area contributed by atoms with Crippen LogP contribution in [0.3, 0.4) is 0 Å². The highest BCUT2D eigenvalue weighted by atomic mass is 35.9. The predicted molar refractivity (Wildman–Crippen MR) is 143 cm³/mol. The summed E-state index contributed by atoms with van der Waals surface area (Å²) in [7, 11) is 15.4. The molecule has 1 aliphatic rings. The molecule has 2 aromatic rings. The van der Waals surface area contributed by atoms with Gasteiger partial charge in [-0.1, -0.05) is 72.3 Å². The van der Waals surface area contributed by atoms with Crippen LogP contribution in [-0.2, 0) is 0 Å². The van der Waals surface area contributed by atoms with Crippen LogP contribution in [0, 0.1) is 0 Å². The highest BCUT2D eigenvalue weighted by Crippen LogP contribution is 2.88. The minimum Gasteiger partial charge on any atom is -0.391 e. The molecule has 1 unspecified atom stereocenters. The van der Waals surface area contributed by atoms with Crippen molar-refractivity contribution in [1.82, 2.24) is 4.67 Å². The fourth-order valence-electron chi connectivity index (χ4n) is 3.62. The Bertz CT molecular complexity index is 867. The summed E-state index contributed by atoms with van der Waals surface area (Å²) in [6.07, 6.45) is 0. The van der Waals surface area contributed by atoms with Gasteiger partial charge in [0.15, 0.2) is 12.7 Å².